The molecule has 6 heteroatoms. The van der Waals surface area contributed by atoms with Crippen molar-refractivity contribution in [2.75, 3.05) is 7.11 Å². The maximum absolute atomic E-state index is 5.52. The molecule has 0 aliphatic heterocycles. The lowest BCUT2D eigenvalue weighted by Gasteiger charge is -2.30. The lowest BCUT2D eigenvalue weighted by atomic mass is 9.97. The molecular weight excluding hydrogens is 518 g/mol. The van der Waals surface area contributed by atoms with Crippen LogP contribution < -0.4 is 9.64 Å². The number of aromatic nitrogens is 4. The highest BCUT2D eigenvalue weighted by Gasteiger charge is 2.35. The van der Waals surface area contributed by atoms with Crippen molar-refractivity contribution < 1.29 is 9.64 Å². The highest BCUT2D eigenvalue weighted by molar-refractivity contribution is 5.35. The fourth-order valence-corrected chi connectivity index (χ4v) is 5.67. The van der Waals surface area contributed by atoms with Gasteiger partial charge in [0.05, 0.1) is 7.11 Å². The molecule has 6 nitrogen and oxygen atoms in total. The third kappa shape index (κ3) is 6.14. The Hall–Kier alpha value is -5.07. The van der Waals surface area contributed by atoms with Gasteiger partial charge in [-0.3, -0.25) is 0 Å². The molecule has 0 saturated carbocycles. The van der Waals surface area contributed by atoms with Crippen molar-refractivity contribution in [1.82, 2.24) is 20.2 Å². The molecule has 0 aliphatic carbocycles. The number of ether oxygens (including phenoxy) is 1. The van der Waals surface area contributed by atoms with Crippen molar-refractivity contribution in [3.63, 3.8) is 0 Å². The fraction of sp³-hybridized carbons (Fsp3) is 0.139. The monoisotopic (exact) mass is 552 g/mol. The topological polar surface area (TPSA) is 57.3 Å². The van der Waals surface area contributed by atoms with Crippen molar-refractivity contribution in [3.8, 4) is 5.75 Å². The number of hydrogen-bond acceptors (Lipinski definition) is 4. The van der Waals surface area contributed by atoms with E-state index in [9.17, 15) is 0 Å². The van der Waals surface area contributed by atoms with Gasteiger partial charge in [0.15, 0.2) is 6.04 Å². The summed E-state index contributed by atoms with van der Waals surface area (Å²) in [5.74, 6) is 1.62. The molecule has 0 amide bonds. The first-order chi connectivity index (χ1) is 20.8. The molecular formula is C36H34N5O+. The molecule has 0 bridgehead atoms. The summed E-state index contributed by atoms with van der Waals surface area (Å²) >= 11 is 0. The van der Waals surface area contributed by atoms with E-state index >= 15 is 0 Å². The summed E-state index contributed by atoms with van der Waals surface area (Å²) in [6.45, 7) is 1.58. The van der Waals surface area contributed by atoms with Gasteiger partial charge < -0.3 is 9.64 Å². The van der Waals surface area contributed by atoms with Gasteiger partial charge in [-0.05, 0) is 45.8 Å². The molecule has 1 N–H and O–H groups in total. The van der Waals surface area contributed by atoms with Crippen LogP contribution in [-0.2, 0) is 13.1 Å². The van der Waals surface area contributed by atoms with Crippen LogP contribution in [0.1, 0.15) is 45.7 Å². The Morgan fingerprint density at radius 2 is 1.07 bits per heavy atom. The minimum atomic E-state index is -0.187. The second-order valence-corrected chi connectivity index (χ2v) is 10.4. The number of nitrogens with one attached hydrogen (secondary N) is 1. The van der Waals surface area contributed by atoms with Gasteiger partial charge in [-0.15, -0.1) is 5.10 Å². The standard InChI is InChI=1S/C36H33N5O/c1-42-33-24-22-32(23-25-33)35(40(26-28-14-6-2-7-15-28)27-29-16-8-3-9-17-29)36-37-38-39-41(36)34(30-18-10-4-11-19-30)31-20-12-5-13-21-31/h2-25,34-35H,26-27H2,1H3/p+1/t35-/m0/s1. The van der Waals surface area contributed by atoms with Gasteiger partial charge in [-0.2, -0.15) is 0 Å². The molecule has 0 unspecified atom stereocenters. The van der Waals surface area contributed by atoms with Crippen LogP contribution in [0.15, 0.2) is 146 Å². The van der Waals surface area contributed by atoms with E-state index in [1.165, 1.54) is 16.0 Å². The van der Waals surface area contributed by atoms with Crippen molar-refractivity contribution in [1.29, 1.82) is 0 Å². The quantitative estimate of drug-likeness (QED) is 0.224. The normalized spacial score (nSPS) is 12.0. The Bertz CT molecular complexity index is 1580. The Morgan fingerprint density at radius 1 is 0.595 bits per heavy atom. The molecule has 0 saturated heterocycles. The van der Waals surface area contributed by atoms with Gasteiger partial charge in [0, 0.05) is 16.7 Å². The molecule has 42 heavy (non-hydrogen) atoms. The summed E-state index contributed by atoms with van der Waals surface area (Å²) in [5.41, 5.74) is 5.87. The second kappa shape index (κ2) is 13.1. The van der Waals surface area contributed by atoms with Crippen LogP contribution in [0.2, 0.25) is 0 Å². The first kappa shape index (κ1) is 27.1. The minimum Gasteiger partial charge on any atom is -0.497 e. The number of rotatable bonds is 11. The van der Waals surface area contributed by atoms with E-state index in [-0.39, 0.29) is 12.1 Å². The van der Waals surface area contributed by atoms with Crippen LogP contribution in [-0.4, -0.2) is 27.3 Å². The van der Waals surface area contributed by atoms with Gasteiger partial charge in [0.25, 0.3) is 0 Å². The first-order valence-electron chi connectivity index (χ1n) is 14.2. The van der Waals surface area contributed by atoms with E-state index in [1.54, 1.807) is 7.11 Å². The molecule has 6 rings (SSSR count). The van der Waals surface area contributed by atoms with E-state index in [2.05, 4.69) is 132 Å². The third-order valence-corrected chi connectivity index (χ3v) is 7.66. The van der Waals surface area contributed by atoms with Crippen molar-refractivity contribution >= 4 is 0 Å². The van der Waals surface area contributed by atoms with E-state index in [1.807, 2.05) is 28.9 Å². The highest BCUT2D eigenvalue weighted by atomic mass is 16.5. The highest BCUT2D eigenvalue weighted by Crippen LogP contribution is 2.30. The van der Waals surface area contributed by atoms with Crippen LogP contribution in [0, 0.1) is 0 Å². The summed E-state index contributed by atoms with van der Waals surface area (Å²) in [7, 11) is 1.69. The molecule has 1 heterocycles. The summed E-state index contributed by atoms with van der Waals surface area (Å²) in [6, 6.07) is 50.2. The van der Waals surface area contributed by atoms with E-state index in [0.29, 0.717) is 0 Å². The molecule has 208 valence electrons. The zero-order valence-corrected chi connectivity index (χ0v) is 23.6. The van der Waals surface area contributed by atoms with Gasteiger partial charge in [0.1, 0.15) is 24.9 Å². The Morgan fingerprint density at radius 3 is 1.55 bits per heavy atom. The lowest BCUT2D eigenvalue weighted by Crippen LogP contribution is -3.10. The van der Waals surface area contributed by atoms with Gasteiger partial charge in [0.2, 0.25) is 5.82 Å². The lowest BCUT2D eigenvalue weighted by molar-refractivity contribution is -0.953. The van der Waals surface area contributed by atoms with Gasteiger partial charge in [-0.1, -0.05) is 121 Å². The molecule has 5 aromatic carbocycles. The van der Waals surface area contributed by atoms with Gasteiger partial charge >= 0.3 is 0 Å². The van der Waals surface area contributed by atoms with Crippen LogP contribution in [0.5, 0.6) is 5.75 Å². The molecule has 0 fully saturated rings. The number of benzene rings is 5. The zero-order chi connectivity index (χ0) is 28.6. The number of methoxy groups -OCH3 is 1. The van der Waals surface area contributed by atoms with Crippen LogP contribution >= 0.6 is 0 Å². The molecule has 1 aromatic heterocycles. The van der Waals surface area contributed by atoms with Crippen LogP contribution in [0.4, 0.5) is 0 Å². The smallest absolute Gasteiger partial charge is 0.215 e. The largest absolute Gasteiger partial charge is 0.497 e. The van der Waals surface area contributed by atoms with Crippen molar-refractivity contribution in [2.45, 2.75) is 25.2 Å². The maximum Gasteiger partial charge on any atom is 0.215 e. The maximum atomic E-state index is 5.52. The fourth-order valence-electron chi connectivity index (χ4n) is 5.67. The van der Waals surface area contributed by atoms with E-state index < -0.39 is 0 Å². The number of hydrogen-bond donors (Lipinski definition) is 1. The minimum absolute atomic E-state index is 0.166. The summed E-state index contributed by atoms with van der Waals surface area (Å²) in [4.78, 5) is 1.31. The van der Waals surface area contributed by atoms with E-state index in [0.717, 1.165) is 41.4 Å². The van der Waals surface area contributed by atoms with Crippen molar-refractivity contribution in [2.24, 2.45) is 0 Å². The third-order valence-electron chi connectivity index (χ3n) is 7.66. The molecule has 0 spiro atoms. The van der Waals surface area contributed by atoms with Crippen molar-refractivity contribution in [3.05, 3.63) is 179 Å². The van der Waals surface area contributed by atoms with E-state index in [4.69, 9.17) is 9.84 Å². The first-order valence-corrected chi connectivity index (χ1v) is 14.2. The molecule has 0 aliphatic rings. The number of tetrazole rings is 1. The van der Waals surface area contributed by atoms with Gasteiger partial charge in [-0.25, -0.2) is 4.68 Å². The summed E-state index contributed by atoms with van der Waals surface area (Å²) < 4.78 is 7.53. The summed E-state index contributed by atoms with van der Waals surface area (Å²) in [5, 5.41) is 13.7. The zero-order valence-electron chi connectivity index (χ0n) is 23.6. The summed E-state index contributed by atoms with van der Waals surface area (Å²) in [6.07, 6.45) is 0. The number of nitrogens with zero attached hydrogens (tertiary/aromatic N) is 4. The molecule has 0 radical (unpaired) electrons. The Labute approximate surface area is 246 Å². The van der Waals surface area contributed by atoms with Crippen LogP contribution in [0.25, 0.3) is 0 Å². The molecule has 6 aromatic rings. The average molecular weight is 553 g/mol. The Balaban J connectivity index is 1.52. The second-order valence-electron chi connectivity index (χ2n) is 10.4. The predicted octanol–water partition coefficient (Wildman–Crippen LogP) is 5.69. The average Bonchev–Trinajstić information content (AvgIpc) is 3.52. The molecule has 1 atom stereocenters. The van der Waals surface area contributed by atoms with Crippen LogP contribution in [0.3, 0.4) is 0 Å². The SMILES string of the molecule is COc1ccc([C@@H](c2nnnn2C(c2ccccc2)c2ccccc2)[NH+](Cc2ccccc2)Cc2ccccc2)cc1. The number of quaternary nitrogens is 1. The predicted molar refractivity (Wildman–Crippen MR) is 164 cm³/mol. The Kier molecular flexibility index (Phi) is 8.43.